The van der Waals surface area contributed by atoms with Crippen LogP contribution < -0.4 is 0 Å². The largest absolute Gasteiger partial charge is 0.481 e. The average molecular weight is 397 g/mol. The van der Waals surface area contributed by atoms with E-state index in [1.54, 1.807) is 11.0 Å². The topological polar surface area (TPSA) is 98.2 Å². The molecule has 0 aromatic carbocycles. The van der Waals surface area contributed by atoms with Gasteiger partial charge in [0.15, 0.2) is 0 Å². The standard InChI is InChI=1S/C19H28N2O5S/c1-3-5-9-20(8-4-2)17(24)15-19-7-6-12(27-19)13(18(25)26)14(19)16(23)21(15)10-11-22/h4,12-15,22H,2-3,5-11H2,1H3,(H,25,26)/t12-,13+,14+,15?,19?/m1/s1. The number of hydrogen-bond acceptors (Lipinski definition) is 5. The average Bonchev–Trinajstić information content (AvgIpc) is 3.26. The minimum atomic E-state index is -0.960. The number of aliphatic carboxylic acids is 1. The van der Waals surface area contributed by atoms with Gasteiger partial charge < -0.3 is 20.0 Å². The van der Waals surface area contributed by atoms with Gasteiger partial charge in [0.05, 0.1) is 23.2 Å². The number of carbonyl (C=O) groups is 3. The van der Waals surface area contributed by atoms with Gasteiger partial charge in [0.2, 0.25) is 11.8 Å². The highest BCUT2D eigenvalue weighted by Crippen LogP contribution is 2.66. The van der Waals surface area contributed by atoms with Gasteiger partial charge in [-0.1, -0.05) is 19.4 Å². The molecule has 8 heteroatoms. The number of rotatable bonds is 9. The molecule has 3 rings (SSSR count). The second-order valence-corrected chi connectivity index (χ2v) is 9.18. The lowest BCUT2D eigenvalue weighted by Gasteiger charge is -2.37. The summed E-state index contributed by atoms with van der Waals surface area (Å²) in [7, 11) is 0. The summed E-state index contributed by atoms with van der Waals surface area (Å²) in [5.74, 6) is -2.83. The van der Waals surface area contributed by atoms with Crippen LogP contribution in [0.3, 0.4) is 0 Å². The molecule has 0 aliphatic carbocycles. The number of aliphatic hydroxyl groups excluding tert-OH is 1. The van der Waals surface area contributed by atoms with Crippen molar-refractivity contribution in [2.45, 2.75) is 48.6 Å². The molecule has 2 unspecified atom stereocenters. The van der Waals surface area contributed by atoms with E-state index in [9.17, 15) is 24.6 Å². The van der Waals surface area contributed by atoms with Crippen LogP contribution in [0, 0.1) is 11.8 Å². The van der Waals surface area contributed by atoms with Gasteiger partial charge in [0.25, 0.3) is 0 Å². The van der Waals surface area contributed by atoms with E-state index in [-0.39, 0.29) is 30.2 Å². The SMILES string of the molecule is C=CCN(CCCC)C(=O)C1N(CCO)C(=O)[C@@H]2[C@@H](C(=O)O)[C@H]3CCC12S3. The molecule has 3 fully saturated rings. The third kappa shape index (κ3) is 3.06. The van der Waals surface area contributed by atoms with Crippen molar-refractivity contribution < 1.29 is 24.6 Å². The monoisotopic (exact) mass is 396 g/mol. The predicted molar refractivity (Wildman–Crippen MR) is 102 cm³/mol. The Hall–Kier alpha value is -1.54. The number of nitrogens with zero attached hydrogens (tertiary/aromatic N) is 2. The summed E-state index contributed by atoms with van der Waals surface area (Å²) >= 11 is 1.52. The van der Waals surface area contributed by atoms with Crippen molar-refractivity contribution >= 4 is 29.5 Å². The van der Waals surface area contributed by atoms with E-state index in [0.717, 1.165) is 12.8 Å². The summed E-state index contributed by atoms with van der Waals surface area (Å²) in [4.78, 5) is 41.7. The van der Waals surface area contributed by atoms with E-state index in [2.05, 4.69) is 6.58 Å². The van der Waals surface area contributed by atoms with Crippen molar-refractivity contribution in [3.05, 3.63) is 12.7 Å². The molecule has 0 aromatic heterocycles. The van der Waals surface area contributed by atoms with Crippen molar-refractivity contribution in [1.82, 2.24) is 9.80 Å². The van der Waals surface area contributed by atoms with E-state index in [4.69, 9.17) is 0 Å². The maximum atomic E-state index is 13.5. The summed E-state index contributed by atoms with van der Waals surface area (Å²) in [5.41, 5.74) is 0. The Morgan fingerprint density at radius 1 is 1.48 bits per heavy atom. The van der Waals surface area contributed by atoms with E-state index >= 15 is 0 Å². The van der Waals surface area contributed by atoms with Gasteiger partial charge in [-0.05, 0) is 19.3 Å². The van der Waals surface area contributed by atoms with Gasteiger partial charge in [-0.25, -0.2) is 0 Å². The van der Waals surface area contributed by atoms with Crippen LogP contribution in [0.5, 0.6) is 0 Å². The number of unbranched alkanes of at least 4 members (excludes halogenated alkanes) is 1. The van der Waals surface area contributed by atoms with Gasteiger partial charge in [0, 0.05) is 24.9 Å². The second kappa shape index (κ2) is 7.83. The van der Waals surface area contributed by atoms with Crippen molar-refractivity contribution in [3.8, 4) is 0 Å². The van der Waals surface area contributed by atoms with E-state index in [0.29, 0.717) is 25.9 Å². The molecule has 3 aliphatic rings. The first-order valence-electron chi connectivity index (χ1n) is 9.64. The third-order valence-corrected chi connectivity index (χ3v) is 8.05. The maximum absolute atomic E-state index is 13.5. The van der Waals surface area contributed by atoms with Crippen LogP contribution in [0.25, 0.3) is 0 Å². The summed E-state index contributed by atoms with van der Waals surface area (Å²) in [6, 6.07) is -0.710. The highest BCUT2D eigenvalue weighted by Gasteiger charge is 2.73. The van der Waals surface area contributed by atoms with E-state index in [1.807, 2.05) is 6.92 Å². The quantitative estimate of drug-likeness (QED) is 0.564. The normalized spacial score (nSPS) is 34.0. The molecule has 0 saturated carbocycles. The fourth-order valence-corrected chi connectivity index (χ4v) is 7.24. The molecule has 7 nitrogen and oxygen atoms in total. The van der Waals surface area contributed by atoms with Crippen molar-refractivity contribution in [2.75, 3.05) is 26.2 Å². The summed E-state index contributed by atoms with van der Waals surface area (Å²) < 4.78 is -0.692. The molecule has 3 aliphatic heterocycles. The minimum absolute atomic E-state index is 0.0563. The van der Waals surface area contributed by atoms with Gasteiger partial charge >= 0.3 is 5.97 Å². The van der Waals surface area contributed by atoms with Gasteiger partial charge in [-0.2, -0.15) is 0 Å². The Labute approximate surface area is 163 Å². The Morgan fingerprint density at radius 3 is 2.81 bits per heavy atom. The van der Waals surface area contributed by atoms with Crippen LogP contribution >= 0.6 is 11.8 Å². The van der Waals surface area contributed by atoms with Crippen molar-refractivity contribution in [1.29, 1.82) is 0 Å². The number of likely N-dealkylation sites (tertiary alicyclic amines) is 1. The molecule has 2 bridgehead atoms. The first kappa shape index (κ1) is 20.2. The second-order valence-electron chi connectivity index (χ2n) is 7.58. The molecular formula is C19H28N2O5S. The molecule has 150 valence electrons. The van der Waals surface area contributed by atoms with E-state index < -0.39 is 28.6 Å². The third-order valence-electron chi connectivity index (χ3n) is 6.10. The van der Waals surface area contributed by atoms with Gasteiger partial charge in [0.1, 0.15) is 6.04 Å². The van der Waals surface area contributed by atoms with Crippen LogP contribution in [0.15, 0.2) is 12.7 Å². The number of thioether (sulfide) groups is 1. The zero-order valence-electron chi connectivity index (χ0n) is 15.7. The molecule has 0 aromatic rings. The Kier molecular flexibility index (Phi) is 5.86. The summed E-state index contributed by atoms with van der Waals surface area (Å²) in [6.07, 6.45) is 4.84. The Balaban J connectivity index is 1.98. The first-order chi connectivity index (χ1) is 12.9. The number of amides is 2. The fourth-order valence-electron chi connectivity index (χ4n) is 5.03. The van der Waals surface area contributed by atoms with E-state index in [1.165, 1.54) is 16.7 Å². The highest BCUT2D eigenvalue weighted by atomic mass is 32.2. The van der Waals surface area contributed by atoms with Gasteiger partial charge in [-0.15, -0.1) is 18.3 Å². The lowest BCUT2D eigenvalue weighted by molar-refractivity contribution is -0.148. The Morgan fingerprint density at radius 2 is 2.22 bits per heavy atom. The molecule has 5 atom stereocenters. The van der Waals surface area contributed by atoms with Gasteiger partial charge in [-0.3, -0.25) is 14.4 Å². The number of fused-ring (bicyclic) bond motifs is 1. The number of aliphatic hydroxyl groups is 1. The lowest BCUT2D eigenvalue weighted by Crippen LogP contribution is -2.55. The molecule has 3 heterocycles. The smallest absolute Gasteiger partial charge is 0.308 e. The molecule has 0 radical (unpaired) electrons. The zero-order chi connectivity index (χ0) is 19.8. The van der Waals surface area contributed by atoms with Crippen LogP contribution in [-0.2, 0) is 14.4 Å². The number of carbonyl (C=O) groups excluding carboxylic acids is 2. The number of hydrogen-bond donors (Lipinski definition) is 2. The predicted octanol–water partition coefficient (Wildman–Crippen LogP) is 0.969. The number of β-amino-alcohol motifs (C(OH)–C–C–N with tert-alkyl or cyclic N) is 1. The number of carboxylic acids is 1. The highest BCUT2D eigenvalue weighted by molar-refractivity contribution is 8.02. The maximum Gasteiger partial charge on any atom is 0.308 e. The summed E-state index contributed by atoms with van der Waals surface area (Å²) in [6.45, 7) is 6.57. The molecular weight excluding hydrogens is 368 g/mol. The minimum Gasteiger partial charge on any atom is -0.481 e. The van der Waals surface area contributed by atoms with Crippen molar-refractivity contribution in [3.63, 3.8) is 0 Å². The van der Waals surface area contributed by atoms with Crippen LogP contribution in [0.2, 0.25) is 0 Å². The fraction of sp³-hybridized carbons (Fsp3) is 0.737. The van der Waals surface area contributed by atoms with Crippen molar-refractivity contribution in [2.24, 2.45) is 11.8 Å². The van der Waals surface area contributed by atoms with Crippen LogP contribution in [0.4, 0.5) is 0 Å². The van der Waals surface area contributed by atoms with Crippen LogP contribution in [-0.4, -0.2) is 80.1 Å². The molecule has 1 spiro atoms. The molecule has 3 saturated heterocycles. The first-order valence-corrected chi connectivity index (χ1v) is 10.5. The zero-order valence-corrected chi connectivity index (χ0v) is 16.5. The molecule has 27 heavy (non-hydrogen) atoms. The molecule has 2 amide bonds. The van der Waals surface area contributed by atoms with Crippen LogP contribution in [0.1, 0.15) is 32.6 Å². The number of carboxylic acid groups (broad SMARTS) is 1. The molecule has 2 N–H and O–H groups in total. The summed E-state index contributed by atoms with van der Waals surface area (Å²) in [5, 5.41) is 19.1. The lowest BCUT2D eigenvalue weighted by atomic mass is 9.71. The Bertz CT molecular complexity index is 642.